The van der Waals surface area contributed by atoms with Gasteiger partial charge in [-0.05, 0) is 12.6 Å². The lowest BCUT2D eigenvalue weighted by Gasteiger charge is -2.31. The van der Waals surface area contributed by atoms with Crippen LogP contribution < -0.4 is 5.32 Å². The highest BCUT2D eigenvalue weighted by molar-refractivity contribution is 5.82. The Morgan fingerprint density at radius 3 is 3.00 bits per heavy atom. The molecule has 1 aromatic rings. The molecule has 1 aliphatic rings. The van der Waals surface area contributed by atoms with E-state index in [9.17, 15) is 13.6 Å². The zero-order chi connectivity index (χ0) is 16.1. The van der Waals surface area contributed by atoms with E-state index in [0.29, 0.717) is 19.2 Å². The number of halogens is 2. The standard InChI is InChI=1S/C15H17F2N3O2/c1-2-20-5-6-22-14(9-20)15(21)19-13(8-18)11-4-3-10(16)7-12(11)17/h3-4,7,13-14H,2,5-6,9H2,1H3,(H,19,21). The summed E-state index contributed by atoms with van der Waals surface area (Å²) in [5.41, 5.74) is -0.0691. The Morgan fingerprint density at radius 1 is 1.59 bits per heavy atom. The Bertz CT molecular complexity index is 589. The molecule has 7 heteroatoms. The van der Waals surface area contributed by atoms with Gasteiger partial charge in [0.1, 0.15) is 23.8 Å². The quantitative estimate of drug-likeness (QED) is 0.912. The molecule has 1 amide bonds. The van der Waals surface area contributed by atoms with Crippen molar-refractivity contribution in [3.8, 4) is 6.07 Å². The van der Waals surface area contributed by atoms with Crippen molar-refractivity contribution < 1.29 is 18.3 Å². The number of benzene rings is 1. The third-order valence-corrected chi connectivity index (χ3v) is 3.58. The number of carbonyl (C=O) groups excluding carboxylic acids is 1. The maximum Gasteiger partial charge on any atom is 0.251 e. The van der Waals surface area contributed by atoms with E-state index in [1.165, 1.54) is 0 Å². The maximum atomic E-state index is 13.7. The van der Waals surface area contributed by atoms with Gasteiger partial charge in [0.15, 0.2) is 0 Å². The Hall–Kier alpha value is -2.04. The molecule has 1 aliphatic heterocycles. The van der Waals surface area contributed by atoms with E-state index in [4.69, 9.17) is 10.00 Å². The zero-order valence-corrected chi connectivity index (χ0v) is 12.2. The van der Waals surface area contributed by atoms with Gasteiger partial charge in [-0.25, -0.2) is 8.78 Å². The van der Waals surface area contributed by atoms with Gasteiger partial charge in [0.2, 0.25) is 0 Å². The molecule has 5 nitrogen and oxygen atoms in total. The van der Waals surface area contributed by atoms with Crippen molar-refractivity contribution in [2.45, 2.75) is 19.1 Å². The van der Waals surface area contributed by atoms with Gasteiger partial charge < -0.3 is 10.1 Å². The lowest BCUT2D eigenvalue weighted by Crippen LogP contribution is -2.50. The first kappa shape index (κ1) is 16.3. The Kier molecular flexibility index (Phi) is 5.41. The molecule has 118 valence electrons. The highest BCUT2D eigenvalue weighted by Crippen LogP contribution is 2.18. The largest absolute Gasteiger partial charge is 0.366 e. The van der Waals surface area contributed by atoms with Crippen LogP contribution in [0.1, 0.15) is 18.5 Å². The van der Waals surface area contributed by atoms with E-state index in [2.05, 4.69) is 5.32 Å². The number of carbonyl (C=O) groups is 1. The van der Waals surface area contributed by atoms with Gasteiger partial charge >= 0.3 is 0 Å². The molecule has 1 fully saturated rings. The number of amides is 1. The number of ether oxygens (including phenoxy) is 1. The van der Waals surface area contributed by atoms with Gasteiger partial charge in [0, 0.05) is 24.7 Å². The first-order valence-electron chi connectivity index (χ1n) is 7.04. The molecule has 1 saturated heterocycles. The second-order valence-electron chi connectivity index (χ2n) is 4.99. The van der Waals surface area contributed by atoms with Crippen LogP contribution in [0.2, 0.25) is 0 Å². The van der Waals surface area contributed by atoms with Crippen LogP contribution in [0.4, 0.5) is 8.78 Å². The van der Waals surface area contributed by atoms with Crippen molar-refractivity contribution in [2.24, 2.45) is 0 Å². The fourth-order valence-corrected chi connectivity index (χ4v) is 2.30. The predicted octanol–water partition coefficient (Wildman–Crippen LogP) is 1.37. The molecule has 0 saturated carbocycles. The minimum atomic E-state index is -1.19. The number of likely N-dealkylation sites (N-methyl/N-ethyl adjacent to an activating group) is 1. The van der Waals surface area contributed by atoms with E-state index in [0.717, 1.165) is 25.2 Å². The summed E-state index contributed by atoms with van der Waals surface area (Å²) in [7, 11) is 0. The molecule has 0 spiro atoms. The van der Waals surface area contributed by atoms with Gasteiger partial charge in [-0.3, -0.25) is 9.69 Å². The van der Waals surface area contributed by atoms with E-state index in [-0.39, 0.29) is 5.56 Å². The van der Waals surface area contributed by atoms with Gasteiger partial charge in [-0.2, -0.15) is 5.26 Å². The van der Waals surface area contributed by atoms with E-state index < -0.39 is 29.7 Å². The van der Waals surface area contributed by atoms with E-state index in [1.54, 1.807) is 0 Å². The highest BCUT2D eigenvalue weighted by Gasteiger charge is 2.28. The number of rotatable bonds is 4. The molecule has 0 radical (unpaired) electrons. The number of nitriles is 1. The van der Waals surface area contributed by atoms with Crippen LogP contribution in [-0.4, -0.2) is 43.2 Å². The average molecular weight is 309 g/mol. The molecule has 1 N–H and O–H groups in total. The normalized spacial score (nSPS) is 20.2. The van der Waals surface area contributed by atoms with Crippen molar-refractivity contribution >= 4 is 5.91 Å². The zero-order valence-electron chi connectivity index (χ0n) is 12.2. The van der Waals surface area contributed by atoms with Crippen LogP contribution in [0.25, 0.3) is 0 Å². The SMILES string of the molecule is CCN1CCOC(C(=O)NC(C#N)c2ccc(F)cc2F)C1. The Balaban J connectivity index is 2.06. The van der Waals surface area contributed by atoms with Crippen LogP contribution in [0.5, 0.6) is 0 Å². The summed E-state index contributed by atoms with van der Waals surface area (Å²) in [5, 5.41) is 11.6. The van der Waals surface area contributed by atoms with Gasteiger partial charge in [0.25, 0.3) is 5.91 Å². The lowest BCUT2D eigenvalue weighted by molar-refractivity contribution is -0.138. The summed E-state index contributed by atoms with van der Waals surface area (Å²) in [6, 6.07) is 3.50. The summed E-state index contributed by atoms with van der Waals surface area (Å²) < 4.78 is 32.0. The first-order valence-corrected chi connectivity index (χ1v) is 7.04. The fraction of sp³-hybridized carbons (Fsp3) is 0.467. The van der Waals surface area contributed by atoms with Crippen molar-refractivity contribution in [1.82, 2.24) is 10.2 Å². The minimum absolute atomic E-state index is 0.0691. The molecule has 2 atom stereocenters. The molecular formula is C15H17F2N3O2. The van der Waals surface area contributed by atoms with Gasteiger partial charge in [0.05, 0.1) is 12.7 Å². The number of nitrogens with one attached hydrogen (secondary N) is 1. The summed E-state index contributed by atoms with van der Waals surface area (Å²) in [5.74, 6) is -2.08. The molecule has 1 heterocycles. The molecule has 2 rings (SSSR count). The predicted molar refractivity (Wildman–Crippen MR) is 74.7 cm³/mol. The number of morpholine rings is 1. The topological polar surface area (TPSA) is 65.4 Å². The van der Waals surface area contributed by atoms with Crippen molar-refractivity contribution in [2.75, 3.05) is 26.2 Å². The summed E-state index contributed by atoms with van der Waals surface area (Å²) in [6.45, 7) is 4.36. The van der Waals surface area contributed by atoms with Gasteiger partial charge in [-0.1, -0.05) is 13.0 Å². The molecular weight excluding hydrogens is 292 g/mol. The van der Waals surface area contributed by atoms with E-state index in [1.807, 2.05) is 17.9 Å². The van der Waals surface area contributed by atoms with Crippen LogP contribution >= 0.6 is 0 Å². The van der Waals surface area contributed by atoms with Crippen LogP contribution in [0.15, 0.2) is 18.2 Å². The van der Waals surface area contributed by atoms with Crippen LogP contribution in [-0.2, 0) is 9.53 Å². The van der Waals surface area contributed by atoms with Crippen LogP contribution in [0, 0.1) is 23.0 Å². The maximum absolute atomic E-state index is 13.7. The highest BCUT2D eigenvalue weighted by atomic mass is 19.1. The number of hydrogen-bond acceptors (Lipinski definition) is 4. The fourth-order valence-electron chi connectivity index (χ4n) is 2.30. The second-order valence-corrected chi connectivity index (χ2v) is 4.99. The third-order valence-electron chi connectivity index (χ3n) is 3.58. The monoisotopic (exact) mass is 309 g/mol. The van der Waals surface area contributed by atoms with Crippen LogP contribution in [0.3, 0.4) is 0 Å². The molecule has 2 unspecified atom stereocenters. The van der Waals surface area contributed by atoms with E-state index >= 15 is 0 Å². The minimum Gasteiger partial charge on any atom is -0.366 e. The molecule has 0 bridgehead atoms. The number of nitrogens with zero attached hydrogens (tertiary/aromatic N) is 2. The average Bonchev–Trinajstić information content (AvgIpc) is 2.53. The third kappa shape index (κ3) is 3.78. The summed E-state index contributed by atoms with van der Waals surface area (Å²) >= 11 is 0. The molecule has 0 aromatic heterocycles. The Labute approximate surface area is 127 Å². The second kappa shape index (κ2) is 7.29. The van der Waals surface area contributed by atoms with Crippen molar-refractivity contribution in [3.05, 3.63) is 35.4 Å². The van der Waals surface area contributed by atoms with Gasteiger partial charge in [-0.15, -0.1) is 0 Å². The summed E-state index contributed by atoms with van der Waals surface area (Å²) in [4.78, 5) is 14.2. The lowest BCUT2D eigenvalue weighted by atomic mass is 10.1. The van der Waals surface area contributed by atoms with Crippen molar-refractivity contribution in [1.29, 1.82) is 5.26 Å². The first-order chi connectivity index (χ1) is 10.5. The van der Waals surface area contributed by atoms with Crippen molar-refractivity contribution in [3.63, 3.8) is 0 Å². The number of hydrogen-bond donors (Lipinski definition) is 1. The smallest absolute Gasteiger partial charge is 0.251 e. The molecule has 1 aromatic carbocycles. The Morgan fingerprint density at radius 2 is 2.36 bits per heavy atom. The summed E-state index contributed by atoms with van der Waals surface area (Å²) in [6.07, 6.45) is -0.701. The molecule has 22 heavy (non-hydrogen) atoms. The molecule has 0 aliphatic carbocycles.